The minimum absolute atomic E-state index is 0.201. The number of carbonyl (C=O) groups excluding carboxylic acids is 1. The minimum Gasteiger partial charge on any atom is -0.352 e. The van der Waals surface area contributed by atoms with Gasteiger partial charge in [-0.3, -0.25) is 4.79 Å². The van der Waals surface area contributed by atoms with Crippen molar-refractivity contribution in [2.75, 3.05) is 0 Å². The van der Waals surface area contributed by atoms with E-state index in [2.05, 4.69) is 35.1 Å². The molecule has 0 radical (unpaired) electrons. The Balaban J connectivity index is 2.41. The molecule has 0 spiro atoms. The van der Waals surface area contributed by atoms with Gasteiger partial charge in [-0.25, -0.2) is 0 Å². The Labute approximate surface area is 101 Å². The van der Waals surface area contributed by atoms with Gasteiger partial charge in [-0.15, -0.1) is 0 Å². The Kier molecular flexibility index (Phi) is 5.65. The standard InChI is InChI=1S/C12H22BrNO/c1-3-9(4-2)12(15)14-11-8-6-5-7-10(11)13/h9-11H,3-8H2,1-2H3,(H,14,15). The van der Waals surface area contributed by atoms with Crippen molar-refractivity contribution >= 4 is 21.8 Å². The molecule has 1 rings (SSSR count). The van der Waals surface area contributed by atoms with Crippen molar-refractivity contribution in [2.24, 2.45) is 5.92 Å². The molecule has 2 nitrogen and oxygen atoms in total. The molecule has 1 fully saturated rings. The molecule has 88 valence electrons. The van der Waals surface area contributed by atoms with Gasteiger partial charge in [0.2, 0.25) is 5.91 Å². The van der Waals surface area contributed by atoms with Gasteiger partial charge >= 0.3 is 0 Å². The molecule has 1 aliphatic rings. The predicted octanol–water partition coefficient (Wildman–Crippen LogP) is 3.24. The zero-order valence-corrected chi connectivity index (χ0v) is 11.3. The highest BCUT2D eigenvalue weighted by Crippen LogP contribution is 2.25. The first-order valence-corrected chi connectivity index (χ1v) is 7.05. The van der Waals surface area contributed by atoms with Crippen LogP contribution < -0.4 is 5.32 Å². The van der Waals surface area contributed by atoms with E-state index in [1.807, 2.05) is 0 Å². The molecule has 1 aliphatic carbocycles. The number of alkyl halides is 1. The molecule has 1 saturated carbocycles. The van der Waals surface area contributed by atoms with Gasteiger partial charge in [0, 0.05) is 16.8 Å². The van der Waals surface area contributed by atoms with Crippen LogP contribution in [0.4, 0.5) is 0 Å². The lowest BCUT2D eigenvalue weighted by atomic mass is 9.94. The fourth-order valence-electron chi connectivity index (χ4n) is 2.21. The molecule has 1 N–H and O–H groups in total. The Morgan fingerprint density at radius 1 is 1.33 bits per heavy atom. The summed E-state index contributed by atoms with van der Waals surface area (Å²) in [5.74, 6) is 0.447. The lowest BCUT2D eigenvalue weighted by Crippen LogP contribution is -2.44. The lowest BCUT2D eigenvalue weighted by Gasteiger charge is -2.29. The number of halogens is 1. The van der Waals surface area contributed by atoms with Crippen molar-refractivity contribution in [2.45, 2.75) is 63.2 Å². The maximum atomic E-state index is 11.9. The summed E-state index contributed by atoms with van der Waals surface area (Å²) in [7, 11) is 0. The highest BCUT2D eigenvalue weighted by Gasteiger charge is 2.25. The molecule has 2 unspecified atom stereocenters. The zero-order valence-electron chi connectivity index (χ0n) is 9.76. The Hall–Kier alpha value is -0.0500. The largest absolute Gasteiger partial charge is 0.352 e. The molecule has 0 aromatic carbocycles. The van der Waals surface area contributed by atoms with Gasteiger partial charge in [0.05, 0.1) is 0 Å². The maximum absolute atomic E-state index is 11.9. The van der Waals surface area contributed by atoms with Crippen LogP contribution in [0.1, 0.15) is 52.4 Å². The van der Waals surface area contributed by atoms with Crippen molar-refractivity contribution in [1.29, 1.82) is 0 Å². The lowest BCUT2D eigenvalue weighted by molar-refractivity contribution is -0.126. The molecule has 0 aromatic heterocycles. The summed E-state index contributed by atoms with van der Waals surface area (Å²) in [4.78, 5) is 12.4. The van der Waals surface area contributed by atoms with Crippen LogP contribution in [-0.4, -0.2) is 16.8 Å². The number of amides is 1. The second-order valence-corrected chi connectivity index (χ2v) is 5.61. The fourth-order valence-corrected chi connectivity index (χ4v) is 2.93. The maximum Gasteiger partial charge on any atom is 0.223 e. The molecule has 15 heavy (non-hydrogen) atoms. The highest BCUT2D eigenvalue weighted by molar-refractivity contribution is 9.09. The molecule has 2 atom stereocenters. The first-order valence-electron chi connectivity index (χ1n) is 6.13. The first-order chi connectivity index (χ1) is 7.19. The topological polar surface area (TPSA) is 29.1 Å². The van der Waals surface area contributed by atoms with E-state index in [0.717, 1.165) is 19.3 Å². The molecule has 0 heterocycles. The number of carbonyl (C=O) groups is 1. The number of rotatable bonds is 4. The third kappa shape index (κ3) is 3.78. The quantitative estimate of drug-likeness (QED) is 0.785. The second kappa shape index (κ2) is 6.51. The van der Waals surface area contributed by atoms with E-state index in [0.29, 0.717) is 10.9 Å². The number of hydrogen-bond donors (Lipinski definition) is 1. The summed E-state index contributed by atoms with van der Waals surface area (Å²) < 4.78 is 0. The van der Waals surface area contributed by atoms with E-state index >= 15 is 0 Å². The molecule has 0 aliphatic heterocycles. The molecular weight excluding hydrogens is 254 g/mol. The SMILES string of the molecule is CCC(CC)C(=O)NC1CCCCC1Br. The van der Waals surface area contributed by atoms with Gasteiger partial charge in [0.25, 0.3) is 0 Å². The Morgan fingerprint density at radius 3 is 2.47 bits per heavy atom. The summed E-state index contributed by atoms with van der Waals surface area (Å²) >= 11 is 3.66. The summed E-state index contributed by atoms with van der Waals surface area (Å²) in [6, 6.07) is 0.354. The second-order valence-electron chi connectivity index (χ2n) is 4.43. The summed E-state index contributed by atoms with van der Waals surface area (Å²) in [5, 5.41) is 3.18. The van der Waals surface area contributed by atoms with Crippen LogP contribution in [0.2, 0.25) is 0 Å². The van der Waals surface area contributed by atoms with E-state index in [1.54, 1.807) is 0 Å². The first kappa shape index (κ1) is 13.0. The van der Waals surface area contributed by atoms with Gasteiger partial charge in [0.15, 0.2) is 0 Å². The van der Waals surface area contributed by atoms with Crippen LogP contribution >= 0.6 is 15.9 Å². The van der Waals surface area contributed by atoms with Crippen LogP contribution in [-0.2, 0) is 4.79 Å². The average Bonchev–Trinajstić information content (AvgIpc) is 2.23. The summed E-state index contributed by atoms with van der Waals surface area (Å²) in [6.07, 6.45) is 6.74. The normalized spacial score (nSPS) is 26.7. The van der Waals surface area contributed by atoms with Gasteiger partial charge in [-0.2, -0.15) is 0 Å². The van der Waals surface area contributed by atoms with E-state index in [9.17, 15) is 4.79 Å². The fraction of sp³-hybridized carbons (Fsp3) is 0.917. The summed E-state index contributed by atoms with van der Waals surface area (Å²) in [6.45, 7) is 4.17. The van der Waals surface area contributed by atoms with Crippen LogP contribution in [0.5, 0.6) is 0 Å². The van der Waals surface area contributed by atoms with Crippen LogP contribution in [0.15, 0.2) is 0 Å². The molecule has 1 amide bonds. The van der Waals surface area contributed by atoms with Gasteiger partial charge in [0.1, 0.15) is 0 Å². The van der Waals surface area contributed by atoms with Crippen molar-refractivity contribution in [3.8, 4) is 0 Å². The minimum atomic E-state index is 0.201. The van der Waals surface area contributed by atoms with Crippen molar-refractivity contribution in [1.82, 2.24) is 5.32 Å². The van der Waals surface area contributed by atoms with Crippen LogP contribution in [0.25, 0.3) is 0 Å². The smallest absolute Gasteiger partial charge is 0.223 e. The predicted molar refractivity (Wildman–Crippen MR) is 67.2 cm³/mol. The molecule has 0 aromatic rings. The van der Waals surface area contributed by atoms with Crippen LogP contribution in [0, 0.1) is 5.92 Å². The van der Waals surface area contributed by atoms with Crippen LogP contribution in [0.3, 0.4) is 0 Å². The summed E-state index contributed by atoms with van der Waals surface area (Å²) in [5.41, 5.74) is 0. The van der Waals surface area contributed by atoms with E-state index < -0.39 is 0 Å². The van der Waals surface area contributed by atoms with Gasteiger partial charge in [-0.1, -0.05) is 42.6 Å². The Morgan fingerprint density at radius 2 is 1.93 bits per heavy atom. The van der Waals surface area contributed by atoms with E-state index in [4.69, 9.17) is 0 Å². The molecule has 0 bridgehead atoms. The average molecular weight is 276 g/mol. The van der Waals surface area contributed by atoms with Crippen molar-refractivity contribution in [3.63, 3.8) is 0 Å². The molecule has 0 saturated heterocycles. The third-order valence-corrected chi connectivity index (χ3v) is 4.46. The number of nitrogens with one attached hydrogen (secondary N) is 1. The van der Waals surface area contributed by atoms with E-state index in [1.165, 1.54) is 19.3 Å². The highest BCUT2D eigenvalue weighted by atomic mass is 79.9. The molecular formula is C12H22BrNO. The third-order valence-electron chi connectivity index (χ3n) is 3.37. The van der Waals surface area contributed by atoms with Crippen molar-refractivity contribution in [3.05, 3.63) is 0 Å². The van der Waals surface area contributed by atoms with Gasteiger partial charge < -0.3 is 5.32 Å². The Bertz CT molecular complexity index is 204. The van der Waals surface area contributed by atoms with Gasteiger partial charge in [-0.05, 0) is 25.7 Å². The molecule has 3 heteroatoms. The number of hydrogen-bond acceptors (Lipinski definition) is 1. The zero-order chi connectivity index (χ0) is 11.3. The van der Waals surface area contributed by atoms with E-state index in [-0.39, 0.29) is 11.8 Å². The monoisotopic (exact) mass is 275 g/mol. The van der Waals surface area contributed by atoms with Crippen molar-refractivity contribution < 1.29 is 4.79 Å².